The zero-order chi connectivity index (χ0) is 13.7. The number of methoxy groups -OCH3 is 1. The Morgan fingerprint density at radius 3 is 2.67 bits per heavy atom. The zero-order valence-corrected chi connectivity index (χ0v) is 10.1. The maximum atomic E-state index is 12.8. The highest BCUT2D eigenvalue weighted by atomic mass is 19.3. The van der Waals surface area contributed by atoms with Gasteiger partial charge >= 0.3 is 5.97 Å². The number of rotatable bonds is 5. The predicted molar refractivity (Wildman–Crippen MR) is 59.6 cm³/mol. The summed E-state index contributed by atoms with van der Waals surface area (Å²) in [5, 5.41) is 0. The zero-order valence-electron chi connectivity index (χ0n) is 10.1. The second-order valence-corrected chi connectivity index (χ2v) is 3.29. The van der Waals surface area contributed by atoms with E-state index in [1.807, 2.05) is 0 Å². The highest BCUT2D eigenvalue weighted by Crippen LogP contribution is 2.29. The molecule has 0 aliphatic rings. The van der Waals surface area contributed by atoms with E-state index in [0.29, 0.717) is 0 Å². The van der Waals surface area contributed by atoms with Crippen LogP contribution in [0.15, 0.2) is 6.20 Å². The number of nitrogens with two attached hydrogens (primary N) is 1. The van der Waals surface area contributed by atoms with E-state index in [9.17, 15) is 13.6 Å². The molecule has 18 heavy (non-hydrogen) atoms. The second kappa shape index (κ2) is 6.25. The molecule has 0 radical (unpaired) electrons. The van der Waals surface area contributed by atoms with Crippen LogP contribution in [-0.4, -0.2) is 24.7 Å². The Labute approximate surface area is 103 Å². The summed E-state index contributed by atoms with van der Waals surface area (Å²) in [5.41, 5.74) is 4.74. The number of hydrogen-bond acceptors (Lipinski definition) is 5. The van der Waals surface area contributed by atoms with Crippen molar-refractivity contribution in [2.75, 3.05) is 13.7 Å². The molecule has 0 saturated carbocycles. The van der Waals surface area contributed by atoms with E-state index in [1.54, 1.807) is 6.92 Å². The van der Waals surface area contributed by atoms with Crippen molar-refractivity contribution >= 4 is 5.97 Å². The first-order chi connectivity index (χ1) is 8.56. The van der Waals surface area contributed by atoms with Crippen LogP contribution in [-0.2, 0) is 11.3 Å². The molecule has 2 N–H and O–H groups in total. The van der Waals surface area contributed by atoms with E-state index in [0.717, 1.165) is 6.20 Å². The van der Waals surface area contributed by atoms with Crippen LogP contribution >= 0.6 is 0 Å². The van der Waals surface area contributed by atoms with E-state index >= 15 is 0 Å². The summed E-state index contributed by atoms with van der Waals surface area (Å²) in [6.45, 7) is 1.48. The van der Waals surface area contributed by atoms with E-state index in [-0.39, 0.29) is 30.0 Å². The molecular weight excluding hydrogens is 246 g/mol. The number of carbonyl (C=O) groups is 1. The third-order valence-electron chi connectivity index (χ3n) is 2.29. The molecule has 0 amide bonds. The predicted octanol–water partition coefficient (Wildman–Crippen LogP) is 1.66. The largest absolute Gasteiger partial charge is 0.494 e. The topological polar surface area (TPSA) is 74.4 Å². The van der Waals surface area contributed by atoms with Gasteiger partial charge in [0.15, 0.2) is 5.75 Å². The highest BCUT2D eigenvalue weighted by Gasteiger charge is 2.25. The molecule has 1 heterocycles. The van der Waals surface area contributed by atoms with Crippen LogP contribution in [0.4, 0.5) is 8.78 Å². The van der Waals surface area contributed by atoms with Crippen molar-refractivity contribution in [1.29, 1.82) is 0 Å². The van der Waals surface area contributed by atoms with Crippen LogP contribution < -0.4 is 10.5 Å². The Kier molecular flexibility index (Phi) is 4.96. The number of hydrogen-bond donors (Lipinski definition) is 1. The van der Waals surface area contributed by atoms with Crippen molar-refractivity contribution in [3.63, 3.8) is 0 Å². The van der Waals surface area contributed by atoms with Crippen molar-refractivity contribution in [3.8, 4) is 5.75 Å². The first-order valence-corrected chi connectivity index (χ1v) is 5.27. The standard InChI is InChI=1S/C11H14F2N2O3/c1-3-18-11(16)8-6(4-14)9(10(12)13)15-5-7(8)17-2/h5,10H,3-4,14H2,1-2H3. The molecule has 1 aromatic heterocycles. The number of nitrogens with zero attached hydrogens (tertiary/aromatic N) is 1. The Hall–Kier alpha value is -1.76. The van der Waals surface area contributed by atoms with E-state index in [4.69, 9.17) is 15.2 Å². The monoisotopic (exact) mass is 260 g/mol. The van der Waals surface area contributed by atoms with Crippen molar-refractivity contribution in [3.05, 3.63) is 23.0 Å². The van der Waals surface area contributed by atoms with Crippen LogP contribution in [0.2, 0.25) is 0 Å². The van der Waals surface area contributed by atoms with Gasteiger partial charge in [-0.25, -0.2) is 13.6 Å². The quantitative estimate of drug-likeness (QED) is 0.815. The van der Waals surface area contributed by atoms with Gasteiger partial charge in [0.1, 0.15) is 11.3 Å². The summed E-state index contributed by atoms with van der Waals surface area (Å²) in [5.74, 6) is -0.683. The molecule has 0 aromatic carbocycles. The highest BCUT2D eigenvalue weighted by molar-refractivity contribution is 5.94. The molecule has 0 bridgehead atoms. The average molecular weight is 260 g/mol. The van der Waals surface area contributed by atoms with Crippen molar-refractivity contribution < 1.29 is 23.0 Å². The Morgan fingerprint density at radius 1 is 1.56 bits per heavy atom. The minimum Gasteiger partial charge on any atom is -0.494 e. The molecule has 0 aliphatic heterocycles. The van der Waals surface area contributed by atoms with Crippen LogP contribution in [0.5, 0.6) is 5.75 Å². The molecule has 0 unspecified atom stereocenters. The van der Waals surface area contributed by atoms with Crippen molar-refractivity contribution in [2.24, 2.45) is 5.73 Å². The van der Waals surface area contributed by atoms with Gasteiger partial charge in [0.05, 0.1) is 19.9 Å². The fourth-order valence-corrected chi connectivity index (χ4v) is 1.52. The van der Waals surface area contributed by atoms with Gasteiger partial charge < -0.3 is 15.2 Å². The molecule has 7 heteroatoms. The first-order valence-electron chi connectivity index (χ1n) is 5.27. The van der Waals surface area contributed by atoms with Crippen molar-refractivity contribution in [2.45, 2.75) is 19.9 Å². The molecule has 0 atom stereocenters. The van der Waals surface area contributed by atoms with Gasteiger partial charge in [-0.2, -0.15) is 0 Å². The molecular formula is C11H14F2N2O3. The molecule has 1 aromatic rings. The lowest BCUT2D eigenvalue weighted by atomic mass is 10.1. The van der Waals surface area contributed by atoms with Gasteiger partial charge in [0.2, 0.25) is 0 Å². The molecule has 0 saturated heterocycles. The lowest BCUT2D eigenvalue weighted by Gasteiger charge is -2.14. The molecule has 100 valence electrons. The Balaban J connectivity index is 3.41. The summed E-state index contributed by atoms with van der Waals surface area (Å²) < 4.78 is 35.3. The van der Waals surface area contributed by atoms with Gasteiger partial charge in [-0.05, 0) is 6.92 Å². The minimum absolute atomic E-state index is 0.0530. The fraction of sp³-hybridized carbons (Fsp3) is 0.455. The van der Waals surface area contributed by atoms with Gasteiger partial charge in [-0.1, -0.05) is 0 Å². The summed E-state index contributed by atoms with van der Waals surface area (Å²) >= 11 is 0. The first kappa shape index (κ1) is 14.3. The van der Waals surface area contributed by atoms with Crippen LogP contribution in [0.25, 0.3) is 0 Å². The number of aromatic nitrogens is 1. The normalized spacial score (nSPS) is 10.6. The SMILES string of the molecule is CCOC(=O)c1c(OC)cnc(C(F)F)c1CN. The maximum Gasteiger partial charge on any atom is 0.342 e. The molecule has 0 aliphatic carbocycles. The Bertz CT molecular complexity index is 439. The smallest absolute Gasteiger partial charge is 0.342 e. The third-order valence-corrected chi connectivity index (χ3v) is 2.29. The fourth-order valence-electron chi connectivity index (χ4n) is 1.52. The summed E-state index contributed by atoms with van der Waals surface area (Å²) in [6, 6.07) is 0. The number of ether oxygens (including phenoxy) is 2. The van der Waals surface area contributed by atoms with Crippen molar-refractivity contribution in [1.82, 2.24) is 4.98 Å². The van der Waals surface area contributed by atoms with Gasteiger partial charge in [0, 0.05) is 12.1 Å². The van der Waals surface area contributed by atoms with Crippen LogP contribution in [0, 0.1) is 0 Å². The van der Waals surface area contributed by atoms with E-state index < -0.39 is 18.1 Å². The average Bonchev–Trinajstić information content (AvgIpc) is 2.36. The number of alkyl halides is 2. The molecule has 1 rings (SSSR count). The third kappa shape index (κ3) is 2.73. The summed E-state index contributed by atoms with van der Waals surface area (Å²) in [4.78, 5) is 15.3. The van der Waals surface area contributed by atoms with E-state index in [1.165, 1.54) is 7.11 Å². The second-order valence-electron chi connectivity index (χ2n) is 3.29. The van der Waals surface area contributed by atoms with Crippen LogP contribution in [0.3, 0.4) is 0 Å². The van der Waals surface area contributed by atoms with Crippen LogP contribution in [0.1, 0.15) is 35.0 Å². The molecule has 0 spiro atoms. The number of halogens is 2. The molecule has 5 nitrogen and oxygen atoms in total. The molecule has 0 fully saturated rings. The summed E-state index contributed by atoms with van der Waals surface area (Å²) in [7, 11) is 1.31. The van der Waals surface area contributed by atoms with E-state index in [2.05, 4.69) is 4.98 Å². The number of pyridine rings is 1. The number of carbonyl (C=O) groups excluding carboxylic acids is 1. The van der Waals surface area contributed by atoms with Gasteiger partial charge in [0.25, 0.3) is 6.43 Å². The Morgan fingerprint density at radius 2 is 2.22 bits per heavy atom. The lowest BCUT2D eigenvalue weighted by molar-refractivity contribution is 0.0520. The van der Waals surface area contributed by atoms with Gasteiger partial charge in [-0.3, -0.25) is 4.98 Å². The lowest BCUT2D eigenvalue weighted by Crippen LogP contribution is -2.16. The summed E-state index contributed by atoms with van der Waals surface area (Å²) in [6.07, 6.45) is -1.75. The maximum absolute atomic E-state index is 12.8. The van der Waals surface area contributed by atoms with Gasteiger partial charge in [-0.15, -0.1) is 0 Å². The minimum atomic E-state index is -2.82. The number of esters is 1.